The second kappa shape index (κ2) is 8.89. The van der Waals surface area contributed by atoms with Crippen molar-refractivity contribution in [2.45, 2.75) is 24.7 Å². The van der Waals surface area contributed by atoms with Crippen molar-refractivity contribution in [2.75, 3.05) is 4.72 Å². The predicted molar refractivity (Wildman–Crippen MR) is 123 cm³/mol. The van der Waals surface area contributed by atoms with E-state index in [9.17, 15) is 8.42 Å². The maximum atomic E-state index is 15.6. The van der Waals surface area contributed by atoms with Crippen LogP contribution in [0.25, 0.3) is 21.8 Å². The summed E-state index contributed by atoms with van der Waals surface area (Å²) in [4.78, 5) is 17.1. The third-order valence-corrected chi connectivity index (χ3v) is 7.35. The van der Waals surface area contributed by atoms with Gasteiger partial charge in [-0.05, 0) is 41.9 Å². The highest BCUT2D eigenvalue weighted by molar-refractivity contribution is 7.92. The normalized spacial score (nSPS) is 11.7. The van der Waals surface area contributed by atoms with Gasteiger partial charge in [0, 0.05) is 30.1 Å². The monoisotopic (exact) mass is 489 g/mol. The van der Waals surface area contributed by atoms with E-state index in [2.05, 4.69) is 24.7 Å². The van der Waals surface area contributed by atoms with Crippen molar-refractivity contribution in [3.63, 3.8) is 0 Å². The van der Waals surface area contributed by atoms with E-state index >= 15 is 4.39 Å². The molecule has 0 aliphatic rings. The van der Waals surface area contributed by atoms with Gasteiger partial charge in [0.05, 0.1) is 27.0 Å². The summed E-state index contributed by atoms with van der Waals surface area (Å²) in [6.07, 6.45) is 4.16. The lowest BCUT2D eigenvalue weighted by molar-refractivity contribution is 0.598. The molecule has 0 amide bonds. The fourth-order valence-corrected chi connectivity index (χ4v) is 5.13. The van der Waals surface area contributed by atoms with E-state index in [4.69, 9.17) is 11.6 Å². The first kappa shape index (κ1) is 22.3. The number of nitrogens with one attached hydrogen (secondary N) is 1. The lowest BCUT2D eigenvalue weighted by Crippen LogP contribution is -2.14. The van der Waals surface area contributed by atoms with Gasteiger partial charge in [-0.1, -0.05) is 19.9 Å². The molecule has 0 aliphatic heterocycles. The Labute approximate surface area is 193 Å². The molecule has 0 aliphatic carbocycles. The molecule has 3 aromatic heterocycles. The maximum absolute atomic E-state index is 15.6. The van der Waals surface area contributed by atoms with Crippen molar-refractivity contribution in [3.05, 3.63) is 71.1 Å². The Kier molecular flexibility index (Phi) is 6.18. The second-order valence-electron chi connectivity index (χ2n) is 7.06. The quantitative estimate of drug-likeness (QED) is 0.365. The van der Waals surface area contributed by atoms with E-state index in [1.165, 1.54) is 48.1 Å². The van der Waals surface area contributed by atoms with Gasteiger partial charge in [0.25, 0.3) is 10.0 Å². The first-order valence-corrected chi connectivity index (χ1v) is 12.2. The highest BCUT2D eigenvalue weighted by Crippen LogP contribution is 2.40. The standard InChI is InChI=1S/C21H17ClFN5O2S2/c1-12(2)20-27-18(19(31-20)16-8-10-25-21(22)26-16)14-6-3-7-15(17(14)23)28-32(29,30)13-5-4-9-24-11-13/h3-12,28H,1-2H3. The topological polar surface area (TPSA) is 97.7 Å². The fraction of sp³-hybridized carbons (Fsp3) is 0.143. The zero-order valence-corrected chi connectivity index (χ0v) is 19.3. The number of anilines is 1. The Balaban J connectivity index is 1.82. The number of thiazole rings is 1. The van der Waals surface area contributed by atoms with Crippen LogP contribution in [0.3, 0.4) is 0 Å². The van der Waals surface area contributed by atoms with Crippen LogP contribution in [-0.4, -0.2) is 28.4 Å². The molecular weight excluding hydrogens is 473 g/mol. The van der Waals surface area contributed by atoms with Gasteiger partial charge in [0.1, 0.15) is 4.90 Å². The molecule has 0 saturated heterocycles. The lowest BCUT2D eigenvalue weighted by Gasteiger charge is -2.11. The van der Waals surface area contributed by atoms with Crippen molar-refractivity contribution in [2.24, 2.45) is 0 Å². The summed E-state index contributed by atoms with van der Waals surface area (Å²) in [6.45, 7) is 3.96. The van der Waals surface area contributed by atoms with Gasteiger partial charge >= 0.3 is 0 Å². The number of halogens is 2. The Morgan fingerprint density at radius 3 is 2.59 bits per heavy atom. The van der Waals surface area contributed by atoms with E-state index in [1.54, 1.807) is 18.2 Å². The molecule has 0 fully saturated rings. The molecule has 0 unspecified atom stereocenters. The van der Waals surface area contributed by atoms with Crippen LogP contribution in [0.5, 0.6) is 0 Å². The van der Waals surface area contributed by atoms with Crippen molar-refractivity contribution in [3.8, 4) is 21.8 Å². The molecule has 4 rings (SSSR count). The number of rotatable bonds is 6. The van der Waals surface area contributed by atoms with Gasteiger partial charge in [-0.15, -0.1) is 11.3 Å². The molecule has 3 heterocycles. The van der Waals surface area contributed by atoms with Gasteiger partial charge in [-0.3, -0.25) is 9.71 Å². The van der Waals surface area contributed by atoms with E-state index in [-0.39, 0.29) is 27.3 Å². The molecule has 0 bridgehead atoms. The number of sulfonamides is 1. The summed E-state index contributed by atoms with van der Waals surface area (Å²) in [7, 11) is -4.02. The van der Waals surface area contributed by atoms with Crippen molar-refractivity contribution >= 4 is 38.6 Å². The Morgan fingerprint density at radius 2 is 1.91 bits per heavy atom. The van der Waals surface area contributed by atoms with Crippen LogP contribution in [-0.2, 0) is 10.0 Å². The van der Waals surface area contributed by atoms with E-state index in [0.717, 1.165) is 5.01 Å². The van der Waals surface area contributed by atoms with Gasteiger partial charge in [-0.25, -0.2) is 27.8 Å². The minimum atomic E-state index is -4.02. The van der Waals surface area contributed by atoms with Gasteiger partial charge in [-0.2, -0.15) is 0 Å². The molecule has 0 saturated carbocycles. The summed E-state index contributed by atoms with van der Waals surface area (Å²) in [5.41, 5.74) is 0.805. The smallest absolute Gasteiger partial charge is 0.263 e. The first-order chi connectivity index (χ1) is 15.3. The van der Waals surface area contributed by atoms with Crippen LogP contribution in [0.1, 0.15) is 24.8 Å². The third-order valence-electron chi connectivity index (χ3n) is 4.44. The minimum Gasteiger partial charge on any atom is -0.277 e. The molecule has 1 N–H and O–H groups in total. The predicted octanol–water partition coefficient (Wildman–Crippen LogP) is 5.38. The van der Waals surface area contributed by atoms with Crippen LogP contribution in [0.2, 0.25) is 5.28 Å². The highest BCUT2D eigenvalue weighted by Gasteiger charge is 2.23. The van der Waals surface area contributed by atoms with Gasteiger partial charge in [0.2, 0.25) is 5.28 Å². The summed E-state index contributed by atoms with van der Waals surface area (Å²) >= 11 is 7.33. The van der Waals surface area contributed by atoms with Crippen LogP contribution >= 0.6 is 22.9 Å². The second-order valence-corrected chi connectivity index (χ2v) is 10.1. The zero-order valence-electron chi connectivity index (χ0n) is 17.0. The first-order valence-electron chi connectivity index (χ1n) is 9.47. The maximum Gasteiger partial charge on any atom is 0.263 e. The Bertz CT molecular complexity index is 1380. The molecule has 11 heteroatoms. The van der Waals surface area contributed by atoms with Crippen molar-refractivity contribution < 1.29 is 12.8 Å². The molecular formula is C21H17ClFN5O2S2. The molecule has 0 atom stereocenters. The highest BCUT2D eigenvalue weighted by atomic mass is 35.5. The minimum absolute atomic E-state index is 0.0615. The van der Waals surface area contributed by atoms with E-state index in [1.807, 2.05) is 13.8 Å². The van der Waals surface area contributed by atoms with Gasteiger partial charge in [0.15, 0.2) is 5.82 Å². The van der Waals surface area contributed by atoms with E-state index in [0.29, 0.717) is 16.3 Å². The average Bonchev–Trinajstić information content (AvgIpc) is 3.21. The number of hydrogen-bond donors (Lipinski definition) is 1. The third kappa shape index (κ3) is 4.47. The molecule has 1 aromatic carbocycles. The molecule has 0 spiro atoms. The molecule has 7 nitrogen and oxygen atoms in total. The summed E-state index contributed by atoms with van der Waals surface area (Å²) in [6, 6.07) is 8.99. The molecule has 32 heavy (non-hydrogen) atoms. The van der Waals surface area contributed by atoms with E-state index < -0.39 is 15.8 Å². The number of hydrogen-bond acceptors (Lipinski definition) is 7. The van der Waals surface area contributed by atoms with Crippen LogP contribution in [0.4, 0.5) is 10.1 Å². The molecule has 0 radical (unpaired) electrons. The number of pyridine rings is 1. The molecule has 164 valence electrons. The van der Waals surface area contributed by atoms with Crippen LogP contribution in [0, 0.1) is 5.82 Å². The van der Waals surface area contributed by atoms with Crippen molar-refractivity contribution in [1.82, 2.24) is 19.9 Å². The number of aromatic nitrogens is 4. The zero-order chi connectivity index (χ0) is 22.9. The van der Waals surface area contributed by atoms with Crippen LogP contribution < -0.4 is 4.72 Å². The van der Waals surface area contributed by atoms with Crippen molar-refractivity contribution in [1.29, 1.82) is 0 Å². The van der Waals surface area contributed by atoms with Crippen LogP contribution in [0.15, 0.2) is 59.9 Å². The number of nitrogens with zero attached hydrogens (tertiary/aromatic N) is 4. The number of benzene rings is 1. The lowest BCUT2D eigenvalue weighted by atomic mass is 10.1. The Morgan fingerprint density at radius 1 is 1.09 bits per heavy atom. The summed E-state index contributed by atoms with van der Waals surface area (Å²) in [5.74, 6) is -0.651. The fourth-order valence-electron chi connectivity index (χ4n) is 2.90. The summed E-state index contributed by atoms with van der Waals surface area (Å²) < 4.78 is 43.2. The Hall–Kier alpha value is -2.95. The largest absolute Gasteiger partial charge is 0.277 e. The van der Waals surface area contributed by atoms with Gasteiger partial charge < -0.3 is 0 Å². The summed E-state index contributed by atoms with van der Waals surface area (Å²) in [5, 5.41) is 0.844. The molecule has 4 aromatic rings. The SMILES string of the molecule is CC(C)c1nc(-c2cccc(NS(=O)(=O)c3cccnc3)c2F)c(-c2ccnc(Cl)n2)s1. The average molecular weight is 490 g/mol.